The number of nitrogens with zero attached hydrogens (tertiary/aromatic N) is 1. The van der Waals surface area contributed by atoms with Crippen molar-refractivity contribution in [2.75, 3.05) is 11.5 Å². The van der Waals surface area contributed by atoms with Crippen LogP contribution in [0.4, 0.5) is 10.5 Å². The zero-order valence-corrected chi connectivity index (χ0v) is 22.2. The normalized spacial score (nSPS) is 14.4. The molecule has 1 aliphatic rings. The quantitative estimate of drug-likeness (QED) is 0.184. The van der Waals surface area contributed by atoms with Gasteiger partial charge in [0.15, 0.2) is 11.5 Å². The number of imide groups is 1. The van der Waals surface area contributed by atoms with E-state index in [9.17, 15) is 9.59 Å². The molecule has 4 aromatic rings. The maximum absolute atomic E-state index is 13.0. The number of hydrogen-bond donors (Lipinski definition) is 1. The topological polar surface area (TPSA) is 67.9 Å². The fraction of sp³-hybridized carbons (Fsp3) is 0.103. The molecule has 0 unspecified atom stereocenters. The van der Waals surface area contributed by atoms with Gasteiger partial charge in [-0.15, -0.1) is 0 Å². The Hall–Kier alpha value is -3.81. The van der Waals surface area contributed by atoms with Gasteiger partial charge < -0.3 is 14.8 Å². The standard InChI is InChI=1S/C29H22BrClN2O4/c1-2-36-26-16-19(15-25-28(34)33(29(35)32-25)23-11-9-22(31)10-12-23)14-24(30)27(26)37-17-18-7-8-20-5-3-4-6-21(20)13-18/h3-16H,2,17H2,1H3,(H,32,35)/b25-15+. The van der Waals surface area contributed by atoms with Crippen LogP contribution in [0.15, 0.2) is 89.0 Å². The van der Waals surface area contributed by atoms with E-state index in [0.717, 1.165) is 15.8 Å². The van der Waals surface area contributed by atoms with Crippen LogP contribution in [0.2, 0.25) is 5.02 Å². The van der Waals surface area contributed by atoms with Crippen LogP contribution in [-0.2, 0) is 11.4 Å². The molecular weight excluding hydrogens is 556 g/mol. The van der Waals surface area contributed by atoms with Crippen LogP contribution in [0, 0.1) is 0 Å². The number of fused-ring (bicyclic) bond motifs is 1. The molecule has 6 nitrogen and oxygen atoms in total. The molecule has 0 aliphatic carbocycles. The summed E-state index contributed by atoms with van der Waals surface area (Å²) in [6, 6.07) is 23.9. The number of anilines is 1. The van der Waals surface area contributed by atoms with Gasteiger partial charge in [-0.1, -0.05) is 48.0 Å². The maximum atomic E-state index is 13.0. The molecule has 5 rings (SSSR count). The van der Waals surface area contributed by atoms with Crippen molar-refractivity contribution in [1.82, 2.24) is 5.32 Å². The lowest BCUT2D eigenvalue weighted by atomic mass is 10.1. The Morgan fingerprint density at radius 2 is 1.70 bits per heavy atom. The molecule has 37 heavy (non-hydrogen) atoms. The number of carbonyl (C=O) groups is 2. The molecule has 1 heterocycles. The van der Waals surface area contributed by atoms with Crippen LogP contribution in [0.5, 0.6) is 11.5 Å². The third kappa shape index (κ3) is 5.33. The Morgan fingerprint density at radius 1 is 0.946 bits per heavy atom. The van der Waals surface area contributed by atoms with Crippen molar-refractivity contribution in [3.05, 3.63) is 105 Å². The lowest BCUT2D eigenvalue weighted by molar-refractivity contribution is -0.113. The van der Waals surface area contributed by atoms with E-state index in [1.54, 1.807) is 36.4 Å². The average Bonchev–Trinajstić information content (AvgIpc) is 3.16. The summed E-state index contributed by atoms with van der Waals surface area (Å²) >= 11 is 9.52. The molecule has 1 aliphatic heterocycles. The average molecular weight is 578 g/mol. The molecule has 0 bridgehead atoms. The zero-order valence-electron chi connectivity index (χ0n) is 19.8. The summed E-state index contributed by atoms with van der Waals surface area (Å²) < 4.78 is 12.7. The van der Waals surface area contributed by atoms with E-state index in [1.807, 2.05) is 31.2 Å². The fourth-order valence-corrected chi connectivity index (χ4v) is 4.78. The zero-order chi connectivity index (χ0) is 25.9. The Labute approximate surface area is 227 Å². The number of hydrogen-bond acceptors (Lipinski definition) is 4. The highest BCUT2D eigenvalue weighted by molar-refractivity contribution is 9.10. The molecule has 0 atom stereocenters. The second-order valence-electron chi connectivity index (χ2n) is 8.34. The van der Waals surface area contributed by atoms with E-state index in [-0.39, 0.29) is 5.70 Å². The second kappa shape index (κ2) is 10.7. The number of amides is 3. The molecular formula is C29H22BrClN2O4. The van der Waals surface area contributed by atoms with E-state index in [1.165, 1.54) is 5.39 Å². The first-order valence-corrected chi connectivity index (χ1v) is 12.8. The van der Waals surface area contributed by atoms with Gasteiger partial charge in [0.2, 0.25) is 0 Å². The molecule has 0 saturated carbocycles. The van der Waals surface area contributed by atoms with Crippen molar-refractivity contribution >= 4 is 62.0 Å². The fourth-order valence-electron chi connectivity index (χ4n) is 4.08. The van der Waals surface area contributed by atoms with Crippen LogP contribution in [0.25, 0.3) is 16.8 Å². The van der Waals surface area contributed by atoms with Gasteiger partial charge in [0, 0.05) is 5.02 Å². The summed E-state index contributed by atoms with van der Waals surface area (Å²) in [5.41, 5.74) is 2.28. The van der Waals surface area contributed by atoms with Crippen LogP contribution >= 0.6 is 27.5 Å². The third-order valence-corrected chi connectivity index (χ3v) is 6.64. The summed E-state index contributed by atoms with van der Waals surface area (Å²) in [5, 5.41) is 5.47. The summed E-state index contributed by atoms with van der Waals surface area (Å²) in [6.07, 6.45) is 1.61. The van der Waals surface area contributed by atoms with E-state index < -0.39 is 11.9 Å². The molecule has 0 spiro atoms. The van der Waals surface area contributed by atoms with Gasteiger partial charge in [0.05, 0.1) is 16.8 Å². The van der Waals surface area contributed by atoms with Crippen LogP contribution in [-0.4, -0.2) is 18.5 Å². The lowest BCUT2D eigenvalue weighted by Gasteiger charge is -2.15. The maximum Gasteiger partial charge on any atom is 0.333 e. The first-order valence-electron chi connectivity index (χ1n) is 11.6. The highest BCUT2D eigenvalue weighted by atomic mass is 79.9. The van der Waals surface area contributed by atoms with Crippen molar-refractivity contribution in [3.63, 3.8) is 0 Å². The van der Waals surface area contributed by atoms with Crippen molar-refractivity contribution in [2.45, 2.75) is 13.5 Å². The molecule has 1 fully saturated rings. The first kappa shape index (κ1) is 24.9. The van der Waals surface area contributed by atoms with Gasteiger partial charge in [-0.3, -0.25) is 4.79 Å². The number of nitrogens with one attached hydrogen (secondary N) is 1. The minimum atomic E-state index is -0.530. The van der Waals surface area contributed by atoms with Gasteiger partial charge in [-0.05, 0) is 93.3 Å². The predicted octanol–water partition coefficient (Wildman–Crippen LogP) is 7.33. The summed E-state index contributed by atoms with van der Waals surface area (Å²) in [7, 11) is 0. The Kier molecular flexibility index (Phi) is 7.17. The lowest BCUT2D eigenvalue weighted by Crippen LogP contribution is -2.30. The van der Waals surface area contributed by atoms with Crippen molar-refractivity contribution in [1.29, 1.82) is 0 Å². The second-order valence-corrected chi connectivity index (χ2v) is 9.63. The van der Waals surface area contributed by atoms with Crippen molar-refractivity contribution in [2.24, 2.45) is 0 Å². The van der Waals surface area contributed by atoms with Crippen LogP contribution < -0.4 is 19.7 Å². The van der Waals surface area contributed by atoms with Gasteiger partial charge in [-0.2, -0.15) is 0 Å². The molecule has 1 saturated heterocycles. The molecule has 0 aromatic heterocycles. The predicted molar refractivity (Wildman–Crippen MR) is 149 cm³/mol. The summed E-state index contributed by atoms with van der Waals surface area (Å²) in [6.45, 7) is 2.67. The summed E-state index contributed by atoms with van der Waals surface area (Å²) in [5.74, 6) is 0.621. The number of carbonyl (C=O) groups excluding carboxylic acids is 2. The minimum Gasteiger partial charge on any atom is -0.490 e. The number of benzene rings is 4. The number of rotatable bonds is 7. The number of urea groups is 1. The molecule has 1 N–H and O–H groups in total. The van der Waals surface area contributed by atoms with Gasteiger partial charge >= 0.3 is 6.03 Å². The first-order chi connectivity index (χ1) is 17.9. The van der Waals surface area contributed by atoms with Crippen molar-refractivity contribution in [3.8, 4) is 11.5 Å². The minimum absolute atomic E-state index is 0.152. The molecule has 8 heteroatoms. The number of halogens is 2. The van der Waals surface area contributed by atoms with Crippen LogP contribution in [0.1, 0.15) is 18.1 Å². The van der Waals surface area contributed by atoms with E-state index in [2.05, 4.69) is 45.5 Å². The van der Waals surface area contributed by atoms with Crippen molar-refractivity contribution < 1.29 is 19.1 Å². The largest absolute Gasteiger partial charge is 0.490 e. The van der Waals surface area contributed by atoms with E-state index in [0.29, 0.717) is 45.5 Å². The molecule has 186 valence electrons. The van der Waals surface area contributed by atoms with Gasteiger partial charge in [0.25, 0.3) is 5.91 Å². The third-order valence-electron chi connectivity index (χ3n) is 5.80. The van der Waals surface area contributed by atoms with Crippen LogP contribution in [0.3, 0.4) is 0 Å². The molecule has 4 aromatic carbocycles. The smallest absolute Gasteiger partial charge is 0.333 e. The highest BCUT2D eigenvalue weighted by Gasteiger charge is 2.34. The molecule has 0 radical (unpaired) electrons. The number of ether oxygens (including phenoxy) is 2. The summed E-state index contributed by atoms with van der Waals surface area (Å²) in [4.78, 5) is 26.6. The van der Waals surface area contributed by atoms with E-state index in [4.69, 9.17) is 21.1 Å². The van der Waals surface area contributed by atoms with E-state index >= 15 is 0 Å². The SMILES string of the molecule is CCOc1cc(/C=C2/NC(=O)N(c3ccc(Cl)cc3)C2=O)cc(Br)c1OCc1ccc2ccccc2c1. The Balaban J connectivity index is 1.39. The highest BCUT2D eigenvalue weighted by Crippen LogP contribution is 2.38. The Bertz CT molecular complexity index is 1540. The van der Waals surface area contributed by atoms with Gasteiger partial charge in [-0.25, -0.2) is 9.69 Å². The Morgan fingerprint density at radius 3 is 2.46 bits per heavy atom. The molecule has 3 amide bonds. The monoisotopic (exact) mass is 576 g/mol. The van der Waals surface area contributed by atoms with Gasteiger partial charge in [0.1, 0.15) is 12.3 Å².